The van der Waals surface area contributed by atoms with Gasteiger partial charge in [-0.2, -0.15) is 5.26 Å². The number of methoxy groups -OCH3 is 3. The van der Waals surface area contributed by atoms with Crippen LogP contribution in [0.2, 0.25) is 0 Å². The number of nitrogens with zero attached hydrogens (tertiary/aromatic N) is 2. The second-order valence-corrected chi connectivity index (χ2v) is 6.61. The molecule has 2 aromatic carbocycles. The summed E-state index contributed by atoms with van der Waals surface area (Å²) in [5.41, 5.74) is 9.57. The van der Waals surface area contributed by atoms with Crippen LogP contribution in [0.25, 0.3) is 11.0 Å². The highest BCUT2D eigenvalue weighted by molar-refractivity contribution is 5.80. The van der Waals surface area contributed by atoms with Crippen molar-refractivity contribution >= 4 is 11.0 Å². The van der Waals surface area contributed by atoms with Crippen LogP contribution < -0.4 is 24.7 Å². The smallest absolute Gasteiger partial charge is 0.205 e. The number of nitrogens with two attached hydrogens (primary N) is 1. The highest BCUT2D eigenvalue weighted by atomic mass is 16.5. The summed E-state index contributed by atoms with van der Waals surface area (Å²) in [5, 5.41) is 9.81. The summed E-state index contributed by atoms with van der Waals surface area (Å²) in [4.78, 5) is 7.67. The fourth-order valence-corrected chi connectivity index (χ4v) is 3.70. The van der Waals surface area contributed by atoms with Crippen molar-refractivity contribution in [1.82, 2.24) is 9.97 Å². The quantitative estimate of drug-likeness (QED) is 0.701. The number of hydrogen-bond acceptors (Lipinski definition) is 7. The Balaban J connectivity index is 1.99. The molecule has 148 valence electrons. The van der Waals surface area contributed by atoms with Crippen LogP contribution in [0, 0.1) is 18.3 Å². The Bertz CT molecular complexity index is 1160. The zero-order chi connectivity index (χ0) is 20.7. The van der Waals surface area contributed by atoms with E-state index in [1.165, 1.54) is 0 Å². The van der Waals surface area contributed by atoms with Crippen molar-refractivity contribution in [3.05, 3.63) is 52.7 Å². The fraction of sp³-hybridized carbons (Fsp3) is 0.238. The number of nitriles is 1. The van der Waals surface area contributed by atoms with Crippen LogP contribution in [-0.2, 0) is 0 Å². The minimum Gasteiger partial charge on any atom is -0.493 e. The maximum absolute atomic E-state index is 9.81. The van der Waals surface area contributed by atoms with E-state index in [4.69, 9.17) is 24.7 Å². The number of aromatic nitrogens is 2. The molecule has 8 nitrogen and oxygen atoms in total. The van der Waals surface area contributed by atoms with E-state index in [0.29, 0.717) is 28.6 Å². The summed E-state index contributed by atoms with van der Waals surface area (Å²) in [6.07, 6.45) is 0. The minimum atomic E-state index is -0.467. The molecular formula is C21H20N4O4. The van der Waals surface area contributed by atoms with Crippen LogP contribution in [0.5, 0.6) is 23.0 Å². The predicted molar refractivity (Wildman–Crippen MR) is 106 cm³/mol. The molecule has 29 heavy (non-hydrogen) atoms. The van der Waals surface area contributed by atoms with Crippen molar-refractivity contribution in [2.24, 2.45) is 5.73 Å². The highest BCUT2D eigenvalue weighted by Crippen LogP contribution is 2.47. The third-order valence-electron chi connectivity index (χ3n) is 4.96. The molecule has 1 unspecified atom stereocenters. The van der Waals surface area contributed by atoms with Gasteiger partial charge in [0.2, 0.25) is 11.6 Å². The molecule has 0 saturated carbocycles. The van der Waals surface area contributed by atoms with E-state index in [-0.39, 0.29) is 5.88 Å². The number of rotatable bonds is 4. The monoisotopic (exact) mass is 392 g/mol. The Labute approximate surface area is 167 Å². The average molecular weight is 392 g/mol. The lowest BCUT2D eigenvalue weighted by Crippen LogP contribution is -2.21. The van der Waals surface area contributed by atoms with Crippen molar-refractivity contribution in [1.29, 1.82) is 5.26 Å². The molecule has 2 heterocycles. The van der Waals surface area contributed by atoms with Crippen molar-refractivity contribution in [2.45, 2.75) is 12.8 Å². The van der Waals surface area contributed by atoms with E-state index in [9.17, 15) is 5.26 Å². The number of H-pyrrole nitrogens is 1. The maximum Gasteiger partial charge on any atom is 0.205 e. The van der Waals surface area contributed by atoms with Crippen molar-refractivity contribution in [2.75, 3.05) is 21.3 Å². The molecule has 0 spiro atoms. The van der Waals surface area contributed by atoms with E-state index < -0.39 is 5.92 Å². The standard InChI is InChI=1S/C21H20N4O4/c1-10-24-14-7-12-16(8-15(14)25-10)29-21(23)13(9-22)19(12)11-5-17(26-2)20(28-4)18(6-11)27-3/h5-8,19H,23H2,1-4H3,(H,24,25). The third-order valence-corrected chi connectivity index (χ3v) is 4.96. The number of imidazole rings is 1. The number of fused-ring (bicyclic) bond motifs is 2. The molecule has 0 bridgehead atoms. The number of hydrogen-bond donors (Lipinski definition) is 2. The molecule has 3 aromatic rings. The largest absolute Gasteiger partial charge is 0.493 e. The summed E-state index contributed by atoms with van der Waals surface area (Å²) in [7, 11) is 4.64. The van der Waals surface area contributed by atoms with Gasteiger partial charge in [-0.15, -0.1) is 0 Å². The van der Waals surface area contributed by atoms with E-state index in [0.717, 1.165) is 28.0 Å². The van der Waals surface area contributed by atoms with Gasteiger partial charge in [0.15, 0.2) is 11.5 Å². The van der Waals surface area contributed by atoms with Gasteiger partial charge < -0.3 is 29.7 Å². The lowest BCUT2D eigenvalue weighted by Gasteiger charge is -2.27. The lowest BCUT2D eigenvalue weighted by atomic mass is 9.83. The van der Waals surface area contributed by atoms with Gasteiger partial charge in [0.05, 0.1) is 38.3 Å². The van der Waals surface area contributed by atoms with Gasteiger partial charge in [-0.1, -0.05) is 0 Å². The fourth-order valence-electron chi connectivity index (χ4n) is 3.70. The SMILES string of the molecule is COc1cc(C2C(C#N)=C(N)Oc3cc4nc(C)[nH]c4cc32)cc(OC)c1OC. The Morgan fingerprint density at radius 1 is 1.10 bits per heavy atom. The number of aryl methyl sites for hydroxylation is 1. The molecule has 1 atom stereocenters. The predicted octanol–water partition coefficient (Wildman–Crippen LogP) is 3.12. The molecule has 8 heteroatoms. The molecule has 4 rings (SSSR count). The molecular weight excluding hydrogens is 372 g/mol. The second kappa shape index (κ2) is 6.95. The lowest BCUT2D eigenvalue weighted by molar-refractivity contribution is 0.323. The first kappa shape index (κ1) is 18.5. The Morgan fingerprint density at radius 3 is 2.38 bits per heavy atom. The number of benzene rings is 2. The number of allylic oxidation sites excluding steroid dienone is 1. The van der Waals surface area contributed by atoms with E-state index >= 15 is 0 Å². The van der Waals surface area contributed by atoms with Crippen LogP contribution in [0.15, 0.2) is 35.7 Å². The summed E-state index contributed by atoms with van der Waals surface area (Å²) in [6.45, 7) is 1.88. The van der Waals surface area contributed by atoms with Crippen molar-refractivity contribution in [3.8, 4) is 29.1 Å². The summed E-state index contributed by atoms with van der Waals surface area (Å²) in [5.74, 6) is 2.39. The van der Waals surface area contributed by atoms with Crippen LogP contribution in [0.4, 0.5) is 0 Å². The third kappa shape index (κ3) is 2.88. The van der Waals surface area contributed by atoms with Gasteiger partial charge in [-0.3, -0.25) is 0 Å². The summed E-state index contributed by atoms with van der Waals surface area (Å²) in [6, 6.07) is 9.57. The first-order chi connectivity index (χ1) is 14.0. The number of ether oxygens (including phenoxy) is 4. The van der Waals surface area contributed by atoms with Crippen LogP contribution in [0.3, 0.4) is 0 Å². The van der Waals surface area contributed by atoms with E-state index in [1.54, 1.807) is 21.3 Å². The molecule has 1 aliphatic heterocycles. The number of nitrogens with one attached hydrogen (secondary N) is 1. The topological polar surface area (TPSA) is 115 Å². The molecule has 0 saturated heterocycles. The molecule has 0 radical (unpaired) electrons. The molecule has 0 amide bonds. The van der Waals surface area contributed by atoms with Gasteiger partial charge in [-0.25, -0.2) is 4.98 Å². The molecule has 0 fully saturated rings. The molecule has 1 aromatic heterocycles. The Hall–Kier alpha value is -3.86. The molecule has 0 aliphatic carbocycles. The Kier molecular flexibility index (Phi) is 4.43. The van der Waals surface area contributed by atoms with Gasteiger partial charge in [0, 0.05) is 11.6 Å². The van der Waals surface area contributed by atoms with Gasteiger partial charge in [-0.05, 0) is 30.7 Å². The van der Waals surface area contributed by atoms with Gasteiger partial charge in [0.1, 0.15) is 23.2 Å². The second-order valence-electron chi connectivity index (χ2n) is 6.61. The van der Waals surface area contributed by atoms with Gasteiger partial charge >= 0.3 is 0 Å². The van der Waals surface area contributed by atoms with E-state index in [2.05, 4.69) is 16.0 Å². The zero-order valence-electron chi connectivity index (χ0n) is 16.5. The first-order valence-electron chi connectivity index (χ1n) is 8.88. The van der Waals surface area contributed by atoms with Gasteiger partial charge in [0.25, 0.3) is 0 Å². The highest BCUT2D eigenvalue weighted by Gasteiger charge is 2.33. The Morgan fingerprint density at radius 2 is 1.79 bits per heavy atom. The zero-order valence-corrected chi connectivity index (χ0v) is 16.5. The van der Waals surface area contributed by atoms with Crippen LogP contribution in [-0.4, -0.2) is 31.3 Å². The average Bonchev–Trinajstić information content (AvgIpc) is 3.08. The maximum atomic E-state index is 9.81. The van der Waals surface area contributed by atoms with Crippen LogP contribution >= 0.6 is 0 Å². The molecule has 3 N–H and O–H groups in total. The molecule has 1 aliphatic rings. The number of aromatic amines is 1. The van der Waals surface area contributed by atoms with Crippen molar-refractivity contribution in [3.63, 3.8) is 0 Å². The minimum absolute atomic E-state index is 0.0605. The normalized spacial score (nSPS) is 15.5. The summed E-state index contributed by atoms with van der Waals surface area (Å²) >= 11 is 0. The van der Waals surface area contributed by atoms with Crippen molar-refractivity contribution < 1.29 is 18.9 Å². The first-order valence-corrected chi connectivity index (χ1v) is 8.88. The summed E-state index contributed by atoms with van der Waals surface area (Å²) < 4.78 is 22.1. The van der Waals surface area contributed by atoms with E-state index in [1.807, 2.05) is 31.2 Å². The van der Waals surface area contributed by atoms with Crippen LogP contribution in [0.1, 0.15) is 22.9 Å².